The Morgan fingerprint density at radius 1 is 1.03 bits per heavy atom. The summed E-state index contributed by atoms with van der Waals surface area (Å²) >= 11 is 6.32. The second-order valence-corrected chi connectivity index (χ2v) is 8.24. The Morgan fingerprint density at radius 2 is 1.81 bits per heavy atom. The van der Waals surface area contributed by atoms with E-state index < -0.39 is 12.0 Å². The SMILES string of the molecule is O=C(O)C1CC(=C2CCN(c3ccccc3)C2=O)c2ccc(Cl)cc2N1c1cccnc1. The van der Waals surface area contributed by atoms with Crippen LogP contribution in [0.3, 0.4) is 0 Å². The van der Waals surface area contributed by atoms with E-state index >= 15 is 0 Å². The van der Waals surface area contributed by atoms with Crippen molar-refractivity contribution >= 4 is 46.1 Å². The van der Waals surface area contributed by atoms with Crippen molar-refractivity contribution in [1.29, 1.82) is 0 Å². The smallest absolute Gasteiger partial charge is 0.327 e. The lowest BCUT2D eigenvalue weighted by Gasteiger charge is -2.38. The first kappa shape index (κ1) is 20.3. The van der Waals surface area contributed by atoms with Crippen molar-refractivity contribution in [2.24, 2.45) is 0 Å². The lowest BCUT2D eigenvalue weighted by molar-refractivity contribution is -0.138. The minimum Gasteiger partial charge on any atom is -0.480 e. The molecule has 1 unspecified atom stereocenters. The molecule has 0 aliphatic carbocycles. The maximum Gasteiger partial charge on any atom is 0.327 e. The lowest BCUT2D eigenvalue weighted by atomic mass is 9.86. The van der Waals surface area contributed by atoms with Crippen LogP contribution in [0.4, 0.5) is 17.1 Å². The normalized spacial score (nSPS) is 20.4. The molecule has 2 aliphatic rings. The molecule has 5 rings (SSSR count). The fourth-order valence-corrected chi connectivity index (χ4v) is 4.72. The molecular weight excluding hydrogens is 426 g/mol. The monoisotopic (exact) mass is 445 g/mol. The zero-order chi connectivity index (χ0) is 22.2. The average molecular weight is 446 g/mol. The van der Waals surface area contributed by atoms with E-state index in [0.717, 1.165) is 16.8 Å². The van der Waals surface area contributed by atoms with E-state index in [9.17, 15) is 14.7 Å². The summed E-state index contributed by atoms with van der Waals surface area (Å²) in [5, 5.41) is 10.6. The summed E-state index contributed by atoms with van der Waals surface area (Å²) in [4.78, 5) is 33.4. The molecule has 1 N–H and O–H groups in total. The van der Waals surface area contributed by atoms with Gasteiger partial charge in [-0.2, -0.15) is 0 Å². The van der Waals surface area contributed by atoms with Crippen LogP contribution < -0.4 is 9.80 Å². The standard InChI is InChI=1S/C25H20ClN3O3/c26-16-8-9-19-21(20-10-12-28(24(20)30)17-5-2-1-3-6-17)14-23(25(31)32)29(22(19)13-16)18-7-4-11-27-15-18/h1-9,11,13,15,23H,10,12,14H2,(H,31,32). The molecule has 0 spiro atoms. The van der Waals surface area contributed by atoms with E-state index in [-0.39, 0.29) is 12.3 Å². The highest BCUT2D eigenvalue weighted by Crippen LogP contribution is 2.46. The number of fused-ring (bicyclic) bond motifs is 1. The van der Waals surface area contributed by atoms with Crippen LogP contribution in [0.2, 0.25) is 5.02 Å². The number of aliphatic carboxylic acids is 1. The van der Waals surface area contributed by atoms with E-state index in [4.69, 9.17) is 11.6 Å². The Hall–Kier alpha value is -3.64. The van der Waals surface area contributed by atoms with Gasteiger partial charge in [0.2, 0.25) is 0 Å². The van der Waals surface area contributed by atoms with Crippen LogP contribution in [0.25, 0.3) is 5.57 Å². The number of carboxylic acids is 1. The van der Waals surface area contributed by atoms with Crippen LogP contribution in [0.5, 0.6) is 0 Å². The Kier molecular flexibility index (Phi) is 5.15. The summed E-state index contributed by atoms with van der Waals surface area (Å²) in [7, 11) is 0. The Labute approximate surface area is 190 Å². The van der Waals surface area contributed by atoms with Crippen molar-refractivity contribution < 1.29 is 14.7 Å². The van der Waals surface area contributed by atoms with Crippen LogP contribution in [-0.4, -0.2) is 34.6 Å². The van der Waals surface area contributed by atoms with E-state index in [2.05, 4.69) is 4.98 Å². The number of carboxylic acid groups (broad SMARTS) is 1. The number of para-hydroxylation sites is 1. The number of carbonyl (C=O) groups excluding carboxylic acids is 1. The molecule has 7 heteroatoms. The van der Waals surface area contributed by atoms with Crippen LogP contribution in [0, 0.1) is 0 Å². The quantitative estimate of drug-likeness (QED) is 0.579. The molecule has 2 aromatic carbocycles. The van der Waals surface area contributed by atoms with Gasteiger partial charge in [-0.1, -0.05) is 35.9 Å². The number of hydrogen-bond donors (Lipinski definition) is 1. The summed E-state index contributed by atoms with van der Waals surface area (Å²) in [5.74, 6) is -1.05. The van der Waals surface area contributed by atoms with Gasteiger partial charge in [0.25, 0.3) is 5.91 Å². The van der Waals surface area contributed by atoms with Gasteiger partial charge in [-0.15, -0.1) is 0 Å². The third kappa shape index (κ3) is 3.42. The summed E-state index contributed by atoms with van der Waals surface area (Å²) in [6.45, 7) is 0.564. The van der Waals surface area contributed by atoms with Crippen molar-refractivity contribution in [3.8, 4) is 0 Å². The maximum atomic E-state index is 13.4. The van der Waals surface area contributed by atoms with E-state index in [1.165, 1.54) is 0 Å². The highest BCUT2D eigenvalue weighted by atomic mass is 35.5. The number of rotatable bonds is 3. The summed E-state index contributed by atoms with van der Waals surface area (Å²) in [6, 6.07) is 17.6. The molecule has 2 aliphatic heterocycles. The van der Waals surface area contributed by atoms with Crippen molar-refractivity contribution in [2.75, 3.05) is 16.3 Å². The van der Waals surface area contributed by atoms with Crippen LogP contribution >= 0.6 is 11.6 Å². The van der Waals surface area contributed by atoms with Crippen molar-refractivity contribution in [3.05, 3.63) is 89.2 Å². The van der Waals surface area contributed by atoms with Crippen LogP contribution in [0.1, 0.15) is 18.4 Å². The Morgan fingerprint density at radius 3 is 2.53 bits per heavy atom. The van der Waals surface area contributed by atoms with Crippen LogP contribution in [-0.2, 0) is 9.59 Å². The molecule has 0 saturated carbocycles. The van der Waals surface area contributed by atoms with E-state index in [1.807, 2.05) is 42.5 Å². The fourth-order valence-electron chi connectivity index (χ4n) is 4.55. The molecule has 3 heterocycles. The predicted octanol–water partition coefficient (Wildman–Crippen LogP) is 4.92. The van der Waals surface area contributed by atoms with Gasteiger partial charge < -0.3 is 14.9 Å². The van der Waals surface area contributed by atoms with Gasteiger partial charge in [-0.25, -0.2) is 4.79 Å². The molecule has 6 nitrogen and oxygen atoms in total. The molecule has 160 valence electrons. The Balaban J connectivity index is 1.66. The largest absolute Gasteiger partial charge is 0.480 e. The summed E-state index contributed by atoms with van der Waals surface area (Å²) in [5.41, 5.74) is 4.43. The van der Waals surface area contributed by atoms with Gasteiger partial charge in [0.05, 0.1) is 17.6 Å². The third-order valence-corrected chi connectivity index (χ3v) is 6.22. The second kappa shape index (κ2) is 8.13. The first-order valence-corrected chi connectivity index (χ1v) is 10.7. The number of benzene rings is 2. The minimum atomic E-state index is -0.970. The second-order valence-electron chi connectivity index (χ2n) is 7.80. The van der Waals surface area contributed by atoms with Gasteiger partial charge in [0, 0.05) is 41.0 Å². The number of nitrogens with zero attached hydrogens (tertiary/aromatic N) is 3. The van der Waals surface area contributed by atoms with Crippen molar-refractivity contribution in [1.82, 2.24) is 4.98 Å². The molecule has 1 saturated heterocycles. The highest BCUT2D eigenvalue weighted by molar-refractivity contribution is 6.31. The zero-order valence-corrected chi connectivity index (χ0v) is 17.9. The van der Waals surface area contributed by atoms with Gasteiger partial charge in [0.1, 0.15) is 6.04 Å². The number of halogens is 1. The lowest BCUT2D eigenvalue weighted by Crippen LogP contribution is -2.41. The van der Waals surface area contributed by atoms with Crippen molar-refractivity contribution in [2.45, 2.75) is 18.9 Å². The summed E-state index contributed by atoms with van der Waals surface area (Å²) in [6.07, 6.45) is 4.05. The molecule has 1 atom stereocenters. The first-order chi connectivity index (χ1) is 15.5. The van der Waals surface area contributed by atoms with Crippen LogP contribution in [0.15, 0.2) is 78.6 Å². The topological polar surface area (TPSA) is 73.7 Å². The van der Waals surface area contributed by atoms with Gasteiger partial charge in [0.15, 0.2) is 0 Å². The predicted molar refractivity (Wildman–Crippen MR) is 124 cm³/mol. The molecule has 1 amide bonds. The molecule has 32 heavy (non-hydrogen) atoms. The Bertz CT molecular complexity index is 1230. The zero-order valence-electron chi connectivity index (χ0n) is 17.1. The number of aromatic nitrogens is 1. The number of pyridine rings is 1. The summed E-state index contributed by atoms with van der Waals surface area (Å²) < 4.78 is 0. The highest BCUT2D eigenvalue weighted by Gasteiger charge is 2.39. The van der Waals surface area contributed by atoms with Gasteiger partial charge in [-0.3, -0.25) is 9.78 Å². The molecule has 0 bridgehead atoms. The maximum absolute atomic E-state index is 13.4. The minimum absolute atomic E-state index is 0.0777. The number of hydrogen-bond acceptors (Lipinski definition) is 4. The first-order valence-electron chi connectivity index (χ1n) is 10.4. The fraction of sp³-hybridized carbons (Fsp3) is 0.160. The molecule has 3 aromatic rings. The third-order valence-electron chi connectivity index (χ3n) is 5.98. The van der Waals surface area contributed by atoms with Crippen molar-refractivity contribution in [3.63, 3.8) is 0 Å². The van der Waals surface area contributed by atoms with Gasteiger partial charge >= 0.3 is 5.97 Å². The number of carbonyl (C=O) groups is 2. The molecule has 1 aromatic heterocycles. The number of anilines is 3. The average Bonchev–Trinajstić information content (AvgIpc) is 3.20. The molecule has 1 fully saturated rings. The molecule has 0 radical (unpaired) electrons. The van der Waals surface area contributed by atoms with E-state index in [0.29, 0.717) is 34.9 Å². The van der Waals surface area contributed by atoms with E-state index in [1.54, 1.807) is 40.4 Å². The molecular formula is C25H20ClN3O3. The number of amides is 1. The van der Waals surface area contributed by atoms with Gasteiger partial charge in [-0.05, 0) is 48.4 Å².